The van der Waals surface area contributed by atoms with Crippen LogP contribution in [-0.4, -0.2) is 21.8 Å². The summed E-state index contributed by atoms with van der Waals surface area (Å²) in [5.41, 5.74) is 0.0251. The number of imidazole rings is 1. The minimum atomic E-state index is -1.47. The largest absolute Gasteiger partial charge is 0.543 e. The monoisotopic (exact) mass is 230 g/mol. The summed E-state index contributed by atoms with van der Waals surface area (Å²) in [5, 5.41) is 13.2. The first-order chi connectivity index (χ1) is 8.18. The molecule has 0 fully saturated rings. The van der Waals surface area contributed by atoms with Gasteiger partial charge in [-0.3, -0.25) is 4.79 Å². The van der Waals surface area contributed by atoms with E-state index in [1.807, 2.05) is 0 Å². The summed E-state index contributed by atoms with van der Waals surface area (Å²) < 4.78 is 0. The molecule has 6 nitrogen and oxygen atoms in total. The van der Waals surface area contributed by atoms with Crippen molar-refractivity contribution >= 4 is 17.6 Å². The molecule has 6 heteroatoms. The first-order valence-electron chi connectivity index (χ1n) is 4.79. The number of para-hydroxylation sites is 1. The van der Waals surface area contributed by atoms with Crippen LogP contribution in [0.1, 0.15) is 21.0 Å². The van der Waals surface area contributed by atoms with Gasteiger partial charge in [-0.2, -0.15) is 0 Å². The molecular weight excluding hydrogens is 222 g/mol. The standard InChI is InChI=1S/C11H9N3O3/c15-10(14-7-4-2-1-3-5-7)8-9(11(16)17)13-6-12-8/h1-6H,(H,12,13)(H,14,15)(H,16,17)/p-1. The number of aromatic carboxylic acids is 1. The van der Waals surface area contributed by atoms with Crippen LogP contribution in [0.25, 0.3) is 0 Å². The summed E-state index contributed by atoms with van der Waals surface area (Å²) in [6.45, 7) is 0. The molecule has 1 amide bonds. The summed E-state index contributed by atoms with van der Waals surface area (Å²) in [6, 6.07) is 8.67. The molecule has 0 unspecified atom stereocenters. The van der Waals surface area contributed by atoms with Crippen molar-refractivity contribution in [2.45, 2.75) is 0 Å². The van der Waals surface area contributed by atoms with Crippen molar-refractivity contribution in [3.8, 4) is 0 Å². The molecule has 86 valence electrons. The van der Waals surface area contributed by atoms with E-state index in [-0.39, 0.29) is 11.4 Å². The number of hydrogen-bond donors (Lipinski definition) is 2. The van der Waals surface area contributed by atoms with Crippen LogP contribution in [0.15, 0.2) is 36.7 Å². The Hall–Kier alpha value is -2.63. The van der Waals surface area contributed by atoms with E-state index in [9.17, 15) is 14.7 Å². The van der Waals surface area contributed by atoms with Gasteiger partial charge in [-0.05, 0) is 12.1 Å². The summed E-state index contributed by atoms with van der Waals surface area (Å²) >= 11 is 0. The quantitative estimate of drug-likeness (QED) is 0.776. The lowest BCUT2D eigenvalue weighted by molar-refractivity contribution is -0.255. The molecule has 1 heterocycles. The van der Waals surface area contributed by atoms with Crippen molar-refractivity contribution in [1.29, 1.82) is 0 Å². The molecule has 0 atom stereocenters. The van der Waals surface area contributed by atoms with Crippen LogP contribution in [0.3, 0.4) is 0 Å². The Balaban J connectivity index is 2.21. The van der Waals surface area contributed by atoms with Crippen LogP contribution in [0.2, 0.25) is 0 Å². The van der Waals surface area contributed by atoms with Gasteiger partial charge in [0.05, 0.1) is 18.0 Å². The molecule has 0 radical (unpaired) electrons. The summed E-state index contributed by atoms with van der Waals surface area (Å²) in [7, 11) is 0. The number of nitrogens with zero attached hydrogens (tertiary/aromatic N) is 1. The SMILES string of the molecule is O=C(Nc1ccccc1)c1nc[nH]c1C(=O)[O-]. The van der Waals surface area contributed by atoms with E-state index in [1.54, 1.807) is 30.3 Å². The molecule has 0 aliphatic rings. The summed E-state index contributed by atoms with van der Waals surface area (Å²) in [5.74, 6) is -2.07. The van der Waals surface area contributed by atoms with Crippen LogP contribution in [0.5, 0.6) is 0 Å². The van der Waals surface area contributed by atoms with Crippen LogP contribution in [-0.2, 0) is 0 Å². The first kappa shape index (κ1) is 10.9. The van der Waals surface area contributed by atoms with E-state index in [0.29, 0.717) is 5.69 Å². The van der Waals surface area contributed by atoms with E-state index in [4.69, 9.17) is 0 Å². The number of amides is 1. The second-order valence-corrected chi connectivity index (χ2v) is 3.23. The van der Waals surface area contributed by atoms with Gasteiger partial charge < -0.3 is 20.2 Å². The lowest BCUT2D eigenvalue weighted by atomic mass is 10.2. The van der Waals surface area contributed by atoms with E-state index in [1.165, 1.54) is 0 Å². The fraction of sp³-hybridized carbons (Fsp3) is 0. The molecular formula is C11H8N3O3-. The maximum Gasteiger partial charge on any atom is 0.276 e. The van der Waals surface area contributed by atoms with E-state index < -0.39 is 11.9 Å². The van der Waals surface area contributed by atoms with Crippen LogP contribution in [0, 0.1) is 0 Å². The fourth-order valence-electron chi connectivity index (χ4n) is 1.33. The first-order valence-corrected chi connectivity index (χ1v) is 4.79. The number of hydrogen-bond acceptors (Lipinski definition) is 4. The third-order valence-electron chi connectivity index (χ3n) is 2.09. The number of aromatic nitrogens is 2. The van der Waals surface area contributed by atoms with Crippen molar-refractivity contribution in [3.05, 3.63) is 48.0 Å². The Labute approximate surface area is 96.3 Å². The highest BCUT2D eigenvalue weighted by atomic mass is 16.4. The summed E-state index contributed by atoms with van der Waals surface area (Å²) in [6.07, 6.45) is 1.13. The molecule has 1 aromatic carbocycles. The molecule has 0 saturated carbocycles. The van der Waals surface area contributed by atoms with E-state index in [2.05, 4.69) is 15.3 Å². The number of nitrogens with one attached hydrogen (secondary N) is 2. The molecule has 0 aliphatic carbocycles. The molecule has 2 aromatic rings. The molecule has 17 heavy (non-hydrogen) atoms. The van der Waals surface area contributed by atoms with Crippen molar-refractivity contribution in [2.24, 2.45) is 0 Å². The van der Waals surface area contributed by atoms with Gasteiger partial charge in [0.25, 0.3) is 5.91 Å². The minimum Gasteiger partial charge on any atom is -0.543 e. The Morgan fingerprint density at radius 2 is 1.94 bits per heavy atom. The number of carboxylic acid groups (broad SMARTS) is 1. The van der Waals surface area contributed by atoms with Gasteiger partial charge >= 0.3 is 0 Å². The number of aromatic amines is 1. The summed E-state index contributed by atoms with van der Waals surface area (Å²) in [4.78, 5) is 28.4. The zero-order valence-corrected chi connectivity index (χ0v) is 8.64. The highest BCUT2D eigenvalue weighted by molar-refractivity contribution is 6.08. The number of rotatable bonds is 3. The fourth-order valence-corrected chi connectivity index (χ4v) is 1.33. The normalized spacial score (nSPS) is 9.88. The predicted octanol–water partition coefficient (Wildman–Crippen LogP) is 0.0255. The zero-order chi connectivity index (χ0) is 12.3. The number of anilines is 1. The zero-order valence-electron chi connectivity index (χ0n) is 8.64. The smallest absolute Gasteiger partial charge is 0.276 e. The molecule has 0 aliphatic heterocycles. The topological polar surface area (TPSA) is 97.9 Å². The van der Waals surface area contributed by atoms with Crippen molar-refractivity contribution in [1.82, 2.24) is 9.97 Å². The third-order valence-corrected chi connectivity index (χ3v) is 2.09. The van der Waals surface area contributed by atoms with Crippen molar-refractivity contribution < 1.29 is 14.7 Å². The molecule has 0 saturated heterocycles. The maximum absolute atomic E-state index is 11.7. The third kappa shape index (κ3) is 2.31. The predicted molar refractivity (Wildman–Crippen MR) is 57.3 cm³/mol. The Morgan fingerprint density at radius 3 is 2.59 bits per heavy atom. The molecule has 2 rings (SSSR count). The number of benzene rings is 1. The second-order valence-electron chi connectivity index (χ2n) is 3.23. The Bertz CT molecular complexity index is 548. The molecule has 1 aromatic heterocycles. The number of carbonyl (C=O) groups is 2. The van der Waals surface area contributed by atoms with Gasteiger partial charge in [0.15, 0.2) is 5.69 Å². The van der Waals surface area contributed by atoms with Gasteiger partial charge in [0, 0.05) is 5.69 Å². The van der Waals surface area contributed by atoms with Crippen molar-refractivity contribution in [2.75, 3.05) is 5.32 Å². The average Bonchev–Trinajstić information content (AvgIpc) is 2.79. The Kier molecular flexibility index (Phi) is 2.87. The maximum atomic E-state index is 11.7. The van der Waals surface area contributed by atoms with E-state index >= 15 is 0 Å². The average molecular weight is 230 g/mol. The van der Waals surface area contributed by atoms with Gasteiger partial charge in [0.2, 0.25) is 0 Å². The number of carboxylic acids is 1. The van der Waals surface area contributed by atoms with Gasteiger partial charge in [-0.15, -0.1) is 0 Å². The lowest BCUT2D eigenvalue weighted by Crippen LogP contribution is -2.26. The number of carbonyl (C=O) groups excluding carboxylic acids is 2. The van der Waals surface area contributed by atoms with E-state index in [0.717, 1.165) is 6.33 Å². The molecule has 0 spiro atoms. The minimum absolute atomic E-state index is 0.200. The second kappa shape index (κ2) is 4.48. The molecule has 0 bridgehead atoms. The highest BCUT2D eigenvalue weighted by Crippen LogP contribution is 2.09. The highest BCUT2D eigenvalue weighted by Gasteiger charge is 2.15. The van der Waals surface area contributed by atoms with Crippen LogP contribution in [0.4, 0.5) is 5.69 Å². The van der Waals surface area contributed by atoms with Gasteiger partial charge in [-0.1, -0.05) is 18.2 Å². The van der Waals surface area contributed by atoms with Gasteiger partial charge in [-0.25, -0.2) is 4.98 Å². The van der Waals surface area contributed by atoms with Crippen LogP contribution >= 0.6 is 0 Å². The van der Waals surface area contributed by atoms with Gasteiger partial charge in [0.1, 0.15) is 0 Å². The Morgan fingerprint density at radius 1 is 1.24 bits per heavy atom. The van der Waals surface area contributed by atoms with Crippen LogP contribution < -0.4 is 10.4 Å². The lowest BCUT2D eigenvalue weighted by Gasteiger charge is -2.05. The molecule has 2 N–H and O–H groups in total. The van der Waals surface area contributed by atoms with Crippen molar-refractivity contribution in [3.63, 3.8) is 0 Å². The number of H-pyrrole nitrogens is 1.